The summed E-state index contributed by atoms with van der Waals surface area (Å²) < 4.78 is 0. The number of thiazole rings is 1. The molecule has 1 aromatic heterocycles. The van der Waals surface area contributed by atoms with Crippen LogP contribution in [-0.2, 0) is 11.8 Å². The minimum Gasteiger partial charge on any atom is -0.314 e. The van der Waals surface area contributed by atoms with Crippen LogP contribution in [0.25, 0.3) is 0 Å². The molecule has 0 saturated heterocycles. The summed E-state index contributed by atoms with van der Waals surface area (Å²) in [5, 5.41) is 7.30. The van der Waals surface area contributed by atoms with Crippen LogP contribution in [0.5, 0.6) is 0 Å². The summed E-state index contributed by atoms with van der Waals surface area (Å²) in [6.07, 6.45) is 6.69. The van der Waals surface area contributed by atoms with Crippen molar-refractivity contribution in [2.24, 2.45) is 11.8 Å². The normalized spacial score (nSPS) is 25.0. The van der Waals surface area contributed by atoms with Crippen molar-refractivity contribution in [3.8, 4) is 0 Å². The van der Waals surface area contributed by atoms with Gasteiger partial charge in [0.15, 0.2) is 0 Å². The van der Waals surface area contributed by atoms with Crippen molar-refractivity contribution in [1.82, 2.24) is 10.3 Å². The first-order chi connectivity index (χ1) is 9.90. The Labute approximate surface area is 134 Å². The van der Waals surface area contributed by atoms with Gasteiger partial charge in [0, 0.05) is 23.3 Å². The zero-order valence-electron chi connectivity index (χ0n) is 14.4. The molecule has 0 bridgehead atoms. The molecule has 2 rings (SSSR count). The quantitative estimate of drug-likeness (QED) is 0.846. The van der Waals surface area contributed by atoms with Crippen LogP contribution in [-0.4, -0.2) is 17.6 Å². The van der Waals surface area contributed by atoms with Gasteiger partial charge in [-0.3, -0.25) is 0 Å². The lowest BCUT2D eigenvalue weighted by Gasteiger charge is -2.33. The van der Waals surface area contributed by atoms with Crippen molar-refractivity contribution in [2.75, 3.05) is 6.54 Å². The van der Waals surface area contributed by atoms with Gasteiger partial charge in [0.25, 0.3) is 0 Å². The number of likely N-dealkylation sites (N-methyl/N-ethyl adjacent to an activating group) is 1. The third-order valence-corrected chi connectivity index (χ3v) is 5.60. The molecule has 0 aliphatic heterocycles. The minimum absolute atomic E-state index is 0.168. The Morgan fingerprint density at radius 3 is 2.71 bits per heavy atom. The van der Waals surface area contributed by atoms with Crippen molar-refractivity contribution in [2.45, 2.75) is 78.2 Å². The molecule has 1 heterocycles. The number of aromatic nitrogens is 1. The highest BCUT2D eigenvalue weighted by atomic mass is 32.1. The molecular formula is C18H32N2S. The summed E-state index contributed by atoms with van der Waals surface area (Å²) in [4.78, 5) is 4.90. The third-order valence-electron chi connectivity index (χ3n) is 4.73. The summed E-state index contributed by atoms with van der Waals surface area (Å²) in [6.45, 7) is 12.4. The molecule has 21 heavy (non-hydrogen) atoms. The van der Waals surface area contributed by atoms with Crippen LogP contribution in [0.1, 0.15) is 71.0 Å². The molecule has 3 atom stereocenters. The second-order valence-electron chi connectivity index (χ2n) is 7.78. The van der Waals surface area contributed by atoms with Gasteiger partial charge in [-0.1, -0.05) is 47.5 Å². The Morgan fingerprint density at radius 2 is 2.14 bits per heavy atom. The van der Waals surface area contributed by atoms with Crippen LogP contribution < -0.4 is 5.32 Å². The van der Waals surface area contributed by atoms with Gasteiger partial charge in [-0.2, -0.15) is 0 Å². The van der Waals surface area contributed by atoms with Gasteiger partial charge < -0.3 is 5.32 Å². The maximum atomic E-state index is 4.90. The molecule has 3 heteroatoms. The van der Waals surface area contributed by atoms with Crippen LogP contribution >= 0.6 is 11.3 Å². The van der Waals surface area contributed by atoms with Gasteiger partial charge in [-0.15, -0.1) is 11.3 Å². The number of rotatable bonds is 5. The average Bonchev–Trinajstić information content (AvgIpc) is 2.87. The fourth-order valence-corrected chi connectivity index (χ4v) is 4.53. The highest BCUT2D eigenvalue weighted by Gasteiger charge is 2.27. The first kappa shape index (κ1) is 17.0. The summed E-state index contributed by atoms with van der Waals surface area (Å²) in [7, 11) is 0. The number of nitrogens with zero attached hydrogens (tertiary/aromatic N) is 1. The Balaban J connectivity index is 2.03. The molecule has 0 amide bonds. The van der Waals surface area contributed by atoms with Gasteiger partial charge >= 0.3 is 0 Å². The largest absolute Gasteiger partial charge is 0.314 e. The van der Waals surface area contributed by atoms with Gasteiger partial charge in [0.2, 0.25) is 0 Å². The van der Waals surface area contributed by atoms with E-state index in [0.717, 1.165) is 24.8 Å². The molecule has 1 aliphatic carbocycles. The molecule has 2 nitrogen and oxygen atoms in total. The van der Waals surface area contributed by atoms with Crippen molar-refractivity contribution in [3.05, 3.63) is 16.1 Å². The van der Waals surface area contributed by atoms with Gasteiger partial charge in [0.05, 0.1) is 10.7 Å². The second kappa shape index (κ2) is 7.23. The predicted molar refractivity (Wildman–Crippen MR) is 93.1 cm³/mol. The second-order valence-corrected chi connectivity index (χ2v) is 8.72. The van der Waals surface area contributed by atoms with E-state index in [1.165, 1.54) is 36.4 Å². The topological polar surface area (TPSA) is 24.9 Å². The molecule has 1 aromatic rings. The van der Waals surface area contributed by atoms with Crippen LogP contribution in [0.4, 0.5) is 0 Å². The first-order valence-electron chi connectivity index (χ1n) is 8.58. The highest BCUT2D eigenvalue weighted by Crippen LogP contribution is 2.33. The molecular weight excluding hydrogens is 276 g/mol. The molecule has 1 saturated carbocycles. The molecule has 0 spiro atoms. The lowest BCUT2D eigenvalue weighted by Crippen LogP contribution is -2.40. The Hall–Kier alpha value is -0.410. The summed E-state index contributed by atoms with van der Waals surface area (Å²) >= 11 is 1.84. The van der Waals surface area contributed by atoms with E-state index >= 15 is 0 Å². The lowest BCUT2D eigenvalue weighted by atomic mass is 9.78. The Morgan fingerprint density at radius 1 is 1.38 bits per heavy atom. The molecule has 0 aromatic carbocycles. The summed E-state index contributed by atoms with van der Waals surface area (Å²) in [5.41, 5.74) is 1.41. The molecule has 0 radical (unpaired) electrons. The van der Waals surface area contributed by atoms with Crippen molar-refractivity contribution >= 4 is 11.3 Å². The van der Waals surface area contributed by atoms with Gasteiger partial charge in [-0.05, 0) is 31.2 Å². The van der Waals surface area contributed by atoms with Crippen LogP contribution in [0.2, 0.25) is 0 Å². The summed E-state index contributed by atoms with van der Waals surface area (Å²) in [6, 6.07) is 0.608. The fraction of sp³-hybridized carbons (Fsp3) is 0.833. The van der Waals surface area contributed by atoms with E-state index in [1.807, 2.05) is 11.3 Å². The van der Waals surface area contributed by atoms with Gasteiger partial charge in [0.1, 0.15) is 0 Å². The Bertz CT molecular complexity index is 433. The number of hydrogen-bond acceptors (Lipinski definition) is 3. The van der Waals surface area contributed by atoms with Crippen molar-refractivity contribution < 1.29 is 0 Å². The number of hydrogen-bond donors (Lipinski definition) is 1. The maximum Gasteiger partial charge on any atom is 0.0944 e. The fourth-order valence-electron chi connectivity index (χ4n) is 3.45. The van der Waals surface area contributed by atoms with E-state index in [1.54, 1.807) is 0 Å². The third kappa shape index (κ3) is 4.79. The van der Waals surface area contributed by atoms with E-state index in [0.29, 0.717) is 6.04 Å². The van der Waals surface area contributed by atoms with E-state index in [-0.39, 0.29) is 5.41 Å². The van der Waals surface area contributed by atoms with Crippen molar-refractivity contribution in [3.63, 3.8) is 0 Å². The highest BCUT2D eigenvalue weighted by molar-refractivity contribution is 7.09. The first-order valence-corrected chi connectivity index (χ1v) is 9.46. The van der Waals surface area contributed by atoms with E-state index in [4.69, 9.17) is 4.98 Å². The zero-order valence-corrected chi connectivity index (χ0v) is 15.2. The minimum atomic E-state index is 0.168. The molecule has 1 aliphatic rings. The lowest BCUT2D eigenvalue weighted by molar-refractivity contribution is 0.222. The predicted octanol–water partition coefficient (Wildman–Crippen LogP) is 4.79. The Kier molecular flexibility index (Phi) is 5.84. The number of nitrogens with one attached hydrogen (secondary N) is 1. The van der Waals surface area contributed by atoms with Gasteiger partial charge in [-0.25, -0.2) is 4.98 Å². The molecule has 1 fully saturated rings. The molecule has 1 N–H and O–H groups in total. The molecule has 3 unspecified atom stereocenters. The van der Waals surface area contributed by atoms with Crippen LogP contribution in [0.15, 0.2) is 5.38 Å². The van der Waals surface area contributed by atoms with Crippen LogP contribution in [0, 0.1) is 11.8 Å². The average molecular weight is 309 g/mol. The SMILES string of the molecule is CCNC(Cc1nc(C(C)(C)C)cs1)C1CCCC(C)C1. The van der Waals surface area contributed by atoms with Crippen molar-refractivity contribution in [1.29, 1.82) is 0 Å². The molecule has 120 valence electrons. The summed E-state index contributed by atoms with van der Waals surface area (Å²) in [5.74, 6) is 1.72. The van der Waals surface area contributed by atoms with E-state index in [9.17, 15) is 0 Å². The van der Waals surface area contributed by atoms with E-state index < -0.39 is 0 Å². The smallest absolute Gasteiger partial charge is 0.0944 e. The standard InChI is InChI=1S/C18H32N2S/c1-6-19-15(14-9-7-8-13(2)10-14)11-17-20-16(12-21-17)18(3,4)5/h12-15,19H,6-11H2,1-5H3. The monoisotopic (exact) mass is 308 g/mol. The maximum absolute atomic E-state index is 4.90. The zero-order chi connectivity index (χ0) is 15.5. The van der Waals surface area contributed by atoms with Crippen LogP contribution in [0.3, 0.4) is 0 Å². The van der Waals surface area contributed by atoms with E-state index in [2.05, 4.69) is 45.3 Å².